The van der Waals surface area contributed by atoms with Crippen molar-refractivity contribution in [3.05, 3.63) is 77.7 Å². The minimum absolute atomic E-state index is 0.131. The fourth-order valence-corrected chi connectivity index (χ4v) is 5.15. The Hall–Kier alpha value is -2.48. The van der Waals surface area contributed by atoms with Gasteiger partial charge in [-0.05, 0) is 42.3 Å². The molecule has 4 rings (SSSR count). The van der Waals surface area contributed by atoms with E-state index >= 15 is 0 Å². The molecular formula is C23H26FN3O2S. The molecule has 1 aromatic heterocycles. The number of halogens is 1. The summed E-state index contributed by atoms with van der Waals surface area (Å²) in [5.74, 6) is -0.446. The minimum atomic E-state index is -3.55. The molecule has 0 saturated carbocycles. The number of nitrogens with one attached hydrogen (secondary N) is 1. The molecule has 1 unspecified atom stereocenters. The van der Waals surface area contributed by atoms with Crippen LogP contribution in [0.5, 0.6) is 0 Å². The van der Waals surface area contributed by atoms with Gasteiger partial charge < -0.3 is 5.32 Å². The summed E-state index contributed by atoms with van der Waals surface area (Å²) in [6.07, 6.45) is 4.93. The Morgan fingerprint density at radius 2 is 1.97 bits per heavy atom. The number of rotatable bonds is 6. The third-order valence-electron chi connectivity index (χ3n) is 5.42. The van der Waals surface area contributed by atoms with Gasteiger partial charge in [-0.15, -0.1) is 0 Å². The van der Waals surface area contributed by atoms with E-state index in [1.165, 1.54) is 16.1 Å². The number of nitrogens with zero attached hydrogens (tertiary/aromatic N) is 2. The lowest BCUT2D eigenvalue weighted by Gasteiger charge is -2.32. The van der Waals surface area contributed by atoms with Gasteiger partial charge in [-0.2, -0.15) is 0 Å². The number of aromatic nitrogens is 1. The summed E-state index contributed by atoms with van der Waals surface area (Å²) in [5.41, 5.74) is 2.60. The molecule has 0 aliphatic carbocycles. The second-order valence-corrected chi connectivity index (χ2v) is 9.67. The van der Waals surface area contributed by atoms with Gasteiger partial charge in [0.25, 0.3) is 0 Å². The van der Waals surface area contributed by atoms with Crippen LogP contribution in [0.4, 0.5) is 4.39 Å². The molecule has 0 radical (unpaired) electrons. The Balaban J connectivity index is 1.54. The third-order valence-corrected chi connectivity index (χ3v) is 6.95. The molecule has 1 saturated heterocycles. The van der Waals surface area contributed by atoms with Gasteiger partial charge in [0.1, 0.15) is 5.82 Å². The summed E-state index contributed by atoms with van der Waals surface area (Å²) in [7, 11) is -3.55. The molecule has 1 atom stereocenters. The lowest BCUT2D eigenvalue weighted by atomic mass is 10.1. The summed E-state index contributed by atoms with van der Waals surface area (Å²) in [6, 6.07) is 14.1. The zero-order chi connectivity index (χ0) is 21.1. The van der Waals surface area contributed by atoms with Crippen LogP contribution in [-0.4, -0.2) is 48.7 Å². The second kappa shape index (κ2) is 8.71. The van der Waals surface area contributed by atoms with Crippen LogP contribution in [0.1, 0.15) is 18.1 Å². The van der Waals surface area contributed by atoms with Crippen LogP contribution in [0, 0.1) is 5.82 Å². The predicted molar refractivity (Wildman–Crippen MR) is 119 cm³/mol. The lowest BCUT2D eigenvalue weighted by Crippen LogP contribution is -2.48. The molecule has 5 nitrogen and oxygen atoms in total. The van der Waals surface area contributed by atoms with Gasteiger partial charge in [0, 0.05) is 43.8 Å². The Kier molecular flexibility index (Phi) is 6.04. The minimum Gasteiger partial charge on any atom is -0.312 e. The molecule has 30 heavy (non-hydrogen) atoms. The van der Waals surface area contributed by atoms with Crippen molar-refractivity contribution in [2.24, 2.45) is 0 Å². The van der Waals surface area contributed by atoms with Crippen LogP contribution in [0.3, 0.4) is 0 Å². The Labute approximate surface area is 176 Å². The van der Waals surface area contributed by atoms with E-state index in [1.54, 1.807) is 30.5 Å². The maximum Gasteiger partial charge on any atom is 0.242 e. The zero-order valence-electron chi connectivity index (χ0n) is 17.0. The fourth-order valence-electron chi connectivity index (χ4n) is 3.94. The Morgan fingerprint density at radius 3 is 2.73 bits per heavy atom. The van der Waals surface area contributed by atoms with Crippen LogP contribution in [0.2, 0.25) is 0 Å². The first-order valence-corrected chi connectivity index (χ1v) is 11.7. The van der Waals surface area contributed by atoms with Crippen LogP contribution < -0.4 is 5.32 Å². The van der Waals surface area contributed by atoms with E-state index in [2.05, 4.69) is 23.2 Å². The summed E-state index contributed by atoms with van der Waals surface area (Å²) < 4.78 is 40.2. The largest absolute Gasteiger partial charge is 0.312 e. The number of hydrogen-bond acceptors (Lipinski definition) is 4. The van der Waals surface area contributed by atoms with Crippen molar-refractivity contribution in [1.29, 1.82) is 0 Å². The quantitative estimate of drug-likeness (QED) is 0.655. The Bertz CT molecular complexity index is 1150. The van der Waals surface area contributed by atoms with Gasteiger partial charge in [0.15, 0.2) is 0 Å². The van der Waals surface area contributed by atoms with E-state index in [0.29, 0.717) is 11.6 Å². The van der Waals surface area contributed by atoms with Crippen LogP contribution in [0.15, 0.2) is 60.8 Å². The molecule has 2 heterocycles. The van der Waals surface area contributed by atoms with Crippen molar-refractivity contribution in [3.8, 4) is 0 Å². The molecule has 1 fully saturated rings. The van der Waals surface area contributed by atoms with Crippen molar-refractivity contribution in [1.82, 2.24) is 14.2 Å². The van der Waals surface area contributed by atoms with Crippen LogP contribution in [-0.2, 0) is 16.6 Å². The van der Waals surface area contributed by atoms with E-state index in [4.69, 9.17) is 0 Å². The van der Waals surface area contributed by atoms with Gasteiger partial charge >= 0.3 is 0 Å². The zero-order valence-corrected chi connectivity index (χ0v) is 17.8. The van der Waals surface area contributed by atoms with Crippen LogP contribution >= 0.6 is 0 Å². The predicted octanol–water partition coefficient (Wildman–Crippen LogP) is 3.47. The molecule has 1 aliphatic rings. The van der Waals surface area contributed by atoms with Crippen molar-refractivity contribution < 1.29 is 12.8 Å². The molecule has 1 N–H and O–H groups in total. The average Bonchev–Trinajstić information content (AvgIpc) is 3.16. The maximum atomic E-state index is 13.0. The summed E-state index contributed by atoms with van der Waals surface area (Å²) in [6.45, 7) is 5.90. The third kappa shape index (κ3) is 4.64. The smallest absolute Gasteiger partial charge is 0.242 e. The van der Waals surface area contributed by atoms with Crippen molar-refractivity contribution in [3.63, 3.8) is 0 Å². The standard InChI is InChI=1S/C23H26FN3O2S/c1-18-16-26(14-12-25-18)17-20-5-2-6-23-22(20)11-13-27(23)30(28,29)15-3-4-19-7-9-21(24)10-8-19/h2-11,13,18,25H,12,14-17H2,1H3. The van der Waals surface area contributed by atoms with Crippen molar-refractivity contribution >= 4 is 27.0 Å². The van der Waals surface area contributed by atoms with E-state index in [9.17, 15) is 12.8 Å². The highest BCUT2D eigenvalue weighted by atomic mass is 32.2. The van der Waals surface area contributed by atoms with Crippen molar-refractivity contribution in [2.45, 2.75) is 19.5 Å². The summed E-state index contributed by atoms with van der Waals surface area (Å²) in [4.78, 5) is 2.40. The molecule has 0 bridgehead atoms. The molecule has 158 valence electrons. The molecule has 0 amide bonds. The molecule has 3 aromatic rings. The van der Waals surface area contributed by atoms with Crippen molar-refractivity contribution in [2.75, 3.05) is 25.4 Å². The SMILES string of the molecule is CC1CN(Cc2cccc3c2ccn3S(=O)(=O)CC=Cc2ccc(F)cc2)CCN1. The monoisotopic (exact) mass is 427 g/mol. The van der Waals surface area contributed by atoms with Gasteiger partial charge in [-0.25, -0.2) is 16.8 Å². The second-order valence-electron chi connectivity index (χ2n) is 7.78. The molecule has 0 spiro atoms. The first-order valence-electron chi connectivity index (χ1n) is 10.1. The number of fused-ring (bicyclic) bond motifs is 1. The van der Waals surface area contributed by atoms with E-state index in [1.807, 2.05) is 18.2 Å². The average molecular weight is 428 g/mol. The highest BCUT2D eigenvalue weighted by molar-refractivity contribution is 7.90. The van der Waals surface area contributed by atoms with E-state index < -0.39 is 10.0 Å². The van der Waals surface area contributed by atoms with E-state index in [0.717, 1.165) is 42.7 Å². The van der Waals surface area contributed by atoms with Gasteiger partial charge in [-0.1, -0.05) is 36.4 Å². The van der Waals surface area contributed by atoms with E-state index in [-0.39, 0.29) is 11.6 Å². The normalized spacial score (nSPS) is 18.4. The highest BCUT2D eigenvalue weighted by Crippen LogP contribution is 2.24. The number of benzene rings is 2. The van der Waals surface area contributed by atoms with Gasteiger partial charge in [0.2, 0.25) is 10.0 Å². The van der Waals surface area contributed by atoms with Crippen LogP contribution in [0.25, 0.3) is 17.0 Å². The first kappa shape index (κ1) is 20.8. The molecular weight excluding hydrogens is 401 g/mol. The maximum absolute atomic E-state index is 13.0. The highest BCUT2D eigenvalue weighted by Gasteiger charge is 2.19. The Morgan fingerprint density at radius 1 is 1.17 bits per heavy atom. The topological polar surface area (TPSA) is 54.3 Å². The van der Waals surface area contributed by atoms with Gasteiger partial charge in [-0.3, -0.25) is 4.90 Å². The number of hydrogen-bond donors (Lipinski definition) is 1. The fraction of sp³-hybridized carbons (Fsp3) is 0.304. The summed E-state index contributed by atoms with van der Waals surface area (Å²) >= 11 is 0. The number of piperazine rings is 1. The van der Waals surface area contributed by atoms with Gasteiger partial charge in [0.05, 0.1) is 11.3 Å². The lowest BCUT2D eigenvalue weighted by molar-refractivity contribution is 0.200. The molecule has 7 heteroatoms. The molecule has 2 aromatic carbocycles. The summed E-state index contributed by atoms with van der Waals surface area (Å²) in [5, 5.41) is 4.41. The first-order chi connectivity index (χ1) is 14.4. The molecule has 1 aliphatic heterocycles.